The van der Waals surface area contributed by atoms with Crippen LogP contribution in [-0.2, 0) is 4.79 Å². The number of amides is 1. The van der Waals surface area contributed by atoms with Gasteiger partial charge in [0.1, 0.15) is 0 Å². The Balaban J connectivity index is 2.00. The Hall–Kier alpha value is -1.39. The van der Waals surface area contributed by atoms with Gasteiger partial charge in [-0.15, -0.1) is 0 Å². The van der Waals surface area contributed by atoms with Gasteiger partial charge >= 0.3 is 0 Å². The van der Waals surface area contributed by atoms with Gasteiger partial charge in [-0.25, -0.2) is 0 Å². The highest BCUT2D eigenvalue weighted by atomic mass is 16.3. The number of rotatable bonds is 4. The predicted molar refractivity (Wildman–Crippen MR) is 74.4 cm³/mol. The van der Waals surface area contributed by atoms with Crippen LogP contribution >= 0.6 is 0 Å². The molecule has 1 aromatic carbocycles. The van der Waals surface area contributed by atoms with Gasteiger partial charge in [0.15, 0.2) is 0 Å². The molecule has 4 heteroatoms. The first-order valence-corrected chi connectivity index (χ1v) is 6.88. The normalized spacial score (nSPS) is 22.3. The number of benzene rings is 1. The molecular weight excluding hydrogens is 240 g/mol. The number of likely N-dealkylation sites (tertiary alicyclic amines) is 1. The number of hydrogen-bond acceptors (Lipinski definition) is 3. The lowest BCUT2D eigenvalue weighted by Crippen LogP contribution is -2.44. The van der Waals surface area contributed by atoms with Crippen molar-refractivity contribution in [1.82, 2.24) is 4.90 Å². The summed E-state index contributed by atoms with van der Waals surface area (Å²) in [7, 11) is 0. The second-order valence-electron chi connectivity index (χ2n) is 5.28. The van der Waals surface area contributed by atoms with Crippen LogP contribution in [0, 0.1) is 0 Å². The molecule has 1 fully saturated rings. The predicted octanol–water partition coefficient (Wildman–Crippen LogP) is 1.45. The number of hydrogen-bond donors (Lipinski definition) is 2. The second kappa shape index (κ2) is 6.17. The molecule has 0 spiro atoms. The Labute approximate surface area is 114 Å². The molecule has 1 heterocycles. The van der Waals surface area contributed by atoms with E-state index in [1.165, 1.54) is 0 Å². The fourth-order valence-corrected chi connectivity index (χ4v) is 2.70. The third kappa shape index (κ3) is 3.33. The smallest absolute Gasteiger partial charge is 0.239 e. The zero-order chi connectivity index (χ0) is 13.8. The van der Waals surface area contributed by atoms with E-state index in [9.17, 15) is 9.90 Å². The van der Waals surface area contributed by atoms with Crippen molar-refractivity contribution in [2.75, 3.05) is 6.54 Å². The number of nitrogens with zero attached hydrogens (tertiary/aromatic N) is 1. The highest BCUT2D eigenvalue weighted by molar-refractivity contribution is 5.81. The van der Waals surface area contributed by atoms with Crippen molar-refractivity contribution in [3.05, 3.63) is 35.9 Å². The molecule has 1 aliphatic rings. The van der Waals surface area contributed by atoms with E-state index in [0.29, 0.717) is 6.42 Å². The standard InChI is InChI=1S/C15H22N2O2/c1-11(16)15(19)17-9-5-8-13(17)10-14(18)12-6-3-2-4-7-12/h2-4,6-7,11,13-14,18H,5,8-10,16H2,1H3/t11-,13+,14-/m1/s1. The van der Waals surface area contributed by atoms with E-state index in [0.717, 1.165) is 24.9 Å². The summed E-state index contributed by atoms with van der Waals surface area (Å²) in [5, 5.41) is 10.2. The van der Waals surface area contributed by atoms with Crippen LogP contribution < -0.4 is 5.73 Å². The fourth-order valence-electron chi connectivity index (χ4n) is 2.70. The first kappa shape index (κ1) is 14.0. The number of aliphatic hydroxyl groups excluding tert-OH is 1. The molecule has 2 rings (SSSR count). The summed E-state index contributed by atoms with van der Waals surface area (Å²) in [4.78, 5) is 13.8. The van der Waals surface area contributed by atoms with E-state index in [-0.39, 0.29) is 11.9 Å². The lowest BCUT2D eigenvalue weighted by atomic mass is 10.0. The van der Waals surface area contributed by atoms with Gasteiger partial charge in [-0.3, -0.25) is 4.79 Å². The van der Waals surface area contributed by atoms with E-state index in [4.69, 9.17) is 5.73 Å². The van der Waals surface area contributed by atoms with Crippen LogP contribution in [0.15, 0.2) is 30.3 Å². The van der Waals surface area contributed by atoms with E-state index >= 15 is 0 Å². The molecule has 0 aliphatic carbocycles. The quantitative estimate of drug-likeness (QED) is 0.863. The molecule has 1 aliphatic heterocycles. The van der Waals surface area contributed by atoms with Crippen molar-refractivity contribution < 1.29 is 9.90 Å². The molecule has 1 amide bonds. The van der Waals surface area contributed by atoms with E-state index in [1.54, 1.807) is 6.92 Å². The zero-order valence-corrected chi connectivity index (χ0v) is 11.3. The van der Waals surface area contributed by atoms with E-state index < -0.39 is 12.1 Å². The van der Waals surface area contributed by atoms with Crippen LogP contribution in [0.5, 0.6) is 0 Å². The minimum Gasteiger partial charge on any atom is -0.388 e. The molecule has 0 unspecified atom stereocenters. The SMILES string of the molecule is C[C@@H](N)C(=O)N1CCC[C@H]1C[C@@H](O)c1ccccc1. The van der Waals surface area contributed by atoms with E-state index in [1.807, 2.05) is 35.2 Å². The second-order valence-corrected chi connectivity index (χ2v) is 5.28. The Morgan fingerprint density at radius 3 is 2.79 bits per heavy atom. The zero-order valence-electron chi connectivity index (χ0n) is 11.3. The third-order valence-electron chi connectivity index (χ3n) is 3.73. The van der Waals surface area contributed by atoms with Crippen LogP contribution in [0.4, 0.5) is 0 Å². The third-order valence-corrected chi connectivity index (χ3v) is 3.73. The van der Waals surface area contributed by atoms with Gasteiger partial charge in [0.25, 0.3) is 0 Å². The van der Waals surface area contributed by atoms with Gasteiger partial charge in [0, 0.05) is 12.6 Å². The van der Waals surface area contributed by atoms with Crippen molar-refractivity contribution in [2.24, 2.45) is 5.73 Å². The molecule has 19 heavy (non-hydrogen) atoms. The molecular formula is C15H22N2O2. The molecule has 0 aromatic heterocycles. The summed E-state index contributed by atoms with van der Waals surface area (Å²) in [5.41, 5.74) is 6.57. The van der Waals surface area contributed by atoms with Gasteiger partial charge in [0.05, 0.1) is 12.1 Å². The number of carbonyl (C=O) groups excluding carboxylic acids is 1. The van der Waals surface area contributed by atoms with Crippen molar-refractivity contribution in [1.29, 1.82) is 0 Å². The summed E-state index contributed by atoms with van der Waals surface area (Å²) >= 11 is 0. The number of aliphatic hydroxyl groups is 1. The van der Waals surface area contributed by atoms with Gasteiger partial charge in [-0.05, 0) is 31.7 Å². The average molecular weight is 262 g/mol. The van der Waals surface area contributed by atoms with E-state index in [2.05, 4.69) is 0 Å². The summed E-state index contributed by atoms with van der Waals surface area (Å²) in [5.74, 6) is -0.0113. The van der Waals surface area contributed by atoms with Crippen molar-refractivity contribution in [3.63, 3.8) is 0 Å². The number of carbonyl (C=O) groups is 1. The topological polar surface area (TPSA) is 66.6 Å². The monoisotopic (exact) mass is 262 g/mol. The number of nitrogens with two attached hydrogens (primary N) is 1. The van der Waals surface area contributed by atoms with Crippen LogP contribution in [-0.4, -0.2) is 34.5 Å². The summed E-state index contributed by atoms with van der Waals surface area (Å²) in [6, 6.07) is 9.23. The van der Waals surface area contributed by atoms with Gasteiger partial charge < -0.3 is 15.7 Å². The summed E-state index contributed by atoms with van der Waals surface area (Å²) in [6.07, 6.45) is 2.00. The Morgan fingerprint density at radius 2 is 2.16 bits per heavy atom. The Bertz CT molecular complexity index is 419. The minimum atomic E-state index is -0.521. The lowest BCUT2D eigenvalue weighted by molar-refractivity contribution is -0.133. The van der Waals surface area contributed by atoms with Crippen LogP contribution in [0.1, 0.15) is 37.9 Å². The summed E-state index contributed by atoms with van der Waals surface area (Å²) < 4.78 is 0. The van der Waals surface area contributed by atoms with Crippen molar-refractivity contribution >= 4 is 5.91 Å². The molecule has 0 saturated carbocycles. The first-order valence-electron chi connectivity index (χ1n) is 6.88. The first-order chi connectivity index (χ1) is 9.09. The van der Waals surface area contributed by atoms with Crippen molar-refractivity contribution in [2.45, 2.75) is 44.4 Å². The van der Waals surface area contributed by atoms with Crippen LogP contribution in [0.3, 0.4) is 0 Å². The maximum atomic E-state index is 12.0. The largest absolute Gasteiger partial charge is 0.388 e. The maximum absolute atomic E-state index is 12.0. The maximum Gasteiger partial charge on any atom is 0.239 e. The molecule has 0 bridgehead atoms. The Morgan fingerprint density at radius 1 is 1.47 bits per heavy atom. The van der Waals surface area contributed by atoms with Crippen LogP contribution in [0.25, 0.3) is 0 Å². The molecule has 104 valence electrons. The van der Waals surface area contributed by atoms with Gasteiger partial charge in [-0.2, -0.15) is 0 Å². The molecule has 4 nitrogen and oxygen atoms in total. The Kier molecular flexibility index (Phi) is 4.56. The molecule has 3 N–H and O–H groups in total. The molecule has 3 atom stereocenters. The summed E-state index contributed by atoms with van der Waals surface area (Å²) in [6.45, 7) is 2.47. The van der Waals surface area contributed by atoms with Gasteiger partial charge in [0.2, 0.25) is 5.91 Å². The highest BCUT2D eigenvalue weighted by Gasteiger charge is 2.31. The molecule has 1 aromatic rings. The van der Waals surface area contributed by atoms with Crippen LogP contribution in [0.2, 0.25) is 0 Å². The lowest BCUT2D eigenvalue weighted by Gasteiger charge is -2.28. The average Bonchev–Trinajstić information content (AvgIpc) is 2.86. The molecule has 0 radical (unpaired) electrons. The molecule has 1 saturated heterocycles. The van der Waals surface area contributed by atoms with Crippen molar-refractivity contribution in [3.8, 4) is 0 Å². The van der Waals surface area contributed by atoms with Gasteiger partial charge in [-0.1, -0.05) is 30.3 Å². The minimum absolute atomic E-state index is 0.0113. The fraction of sp³-hybridized carbons (Fsp3) is 0.533. The highest BCUT2D eigenvalue weighted by Crippen LogP contribution is 2.27.